The van der Waals surface area contributed by atoms with Crippen LogP contribution in [0.15, 0.2) is 29.2 Å². The molecule has 5 nitrogen and oxygen atoms in total. The maximum absolute atomic E-state index is 12.9. The van der Waals surface area contributed by atoms with E-state index in [0.29, 0.717) is 18.2 Å². The third kappa shape index (κ3) is 2.42. The third-order valence-corrected chi connectivity index (χ3v) is 6.19. The Bertz CT molecular complexity index is 653. The molecular weight excluding hydrogens is 330 g/mol. The molecule has 1 unspecified atom stereocenters. The van der Waals surface area contributed by atoms with Gasteiger partial charge in [0.05, 0.1) is 5.69 Å². The summed E-state index contributed by atoms with van der Waals surface area (Å²) in [6.45, 7) is 4.72. The van der Waals surface area contributed by atoms with E-state index in [1.165, 1.54) is 0 Å². The monoisotopic (exact) mass is 349 g/mol. The van der Waals surface area contributed by atoms with E-state index >= 15 is 0 Å². The van der Waals surface area contributed by atoms with Crippen LogP contribution in [0.5, 0.6) is 0 Å². The number of carbonyl (C=O) groups excluding carboxylic acids is 2. The highest BCUT2D eigenvalue weighted by atomic mass is 32.2. The van der Waals surface area contributed by atoms with E-state index in [1.807, 2.05) is 50.1 Å². The van der Waals surface area contributed by atoms with Crippen LogP contribution in [0.3, 0.4) is 0 Å². The normalized spacial score (nSPS) is 22.1. The number of amides is 2. The zero-order valence-electron chi connectivity index (χ0n) is 13.4. The Labute approximate surface area is 145 Å². The zero-order chi connectivity index (χ0) is 16.7. The summed E-state index contributed by atoms with van der Waals surface area (Å²) in [6, 6.07) is 7.97. The van der Waals surface area contributed by atoms with Crippen molar-refractivity contribution in [2.75, 3.05) is 25.0 Å². The molecule has 0 radical (unpaired) electrons. The average Bonchev–Trinajstić information content (AvgIpc) is 2.86. The van der Waals surface area contributed by atoms with Crippen LogP contribution < -0.4 is 4.90 Å². The number of anilines is 1. The van der Waals surface area contributed by atoms with Gasteiger partial charge in [0.2, 0.25) is 11.8 Å². The fourth-order valence-electron chi connectivity index (χ4n) is 3.09. The lowest BCUT2D eigenvalue weighted by Gasteiger charge is -2.41. The van der Waals surface area contributed by atoms with Crippen LogP contribution in [0.2, 0.25) is 0 Å². The fraction of sp³-hybridized carbons (Fsp3) is 0.438. The lowest BCUT2D eigenvalue weighted by molar-refractivity contribution is -0.146. The fourth-order valence-corrected chi connectivity index (χ4v) is 4.92. The topological polar surface area (TPSA) is 43.9 Å². The highest BCUT2D eigenvalue weighted by molar-refractivity contribution is 8.00. The van der Waals surface area contributed by atoms with Crippen molar-refractivity contribution in [2.45, 2.75) is 24.1 Å². The largest absolute Gasteiger partial charge is 0.360 e. The van der Waals surface area contributed by atoms with E-state index in [4.69, 9.17) is 12.2 Å². The van der Waals surface area contributed by atoms with Crippen molar-refractivity contribution >= 4 is 46.6 Å². The molecule has 1 aromatic carbocycles. The van der Waals surface area contributed by atoms with Crippen molar-refractivity contribution in [3.63, 3.8) is 0 Å². The van der Waals surface area contributed by atoms with Crippen LogP contribution in [0.25, 0.3) is 0 Å². The Kier molecular flexibility index (Phi) is 4.33. The highest BCUT2D eigenvalue weighted by Crippen LogP contribution is 2.46. The smallest absolute Gasteiger partial charge is 0.244 e. The van der Waals surface area contributed by atoms with Crippen LogP contribution in [0.4, 0.5) is 5.69 Å². The molecule has 0 bridgehead atoms. The molecule has 1 saturated heterocycles. The molecule has 23 heavy (non-hydrogen) atoms. The van der Waals surface area contributed by atoms with Crippen molar-refractivity contribution in [1.82, 2.24) is 9.80 Å². The van der Waals surface area contributed by atoms with Gasteiger partial charge >= 0.3 is 0 Å². The maximum Gasteiger partial charge on any atom is 0.244 e. The predicted octanol–water partition coefficient (Wildman–Crippen LogP) is 2.17. The van der Waals surface area contributed by atoms with Crippen LogP contribution in [-0.2, 0) is 9.59 Å². The summed E-state index contributed by atoms with van der Waals surface area (Å²) >= 11 is 6.89. The van der Waals surface area contributed by atoms with Crippen molar-refractivity contribution in [1.29, 1.82) is 0 Å². The minimum Gasteiger partial charge on any atom is -0.360 e. The molecule has 1 fully saturated rings. The van der Waals surface area contributed by atoms with E-state index in [1.54, 1.807) is 21.6 Å². The summed E-state index contributed by atoms with van der Waals surface area (Å²) in [4.78, 5) is 32.0. The predicted molar refractivity (Wildman–Crippen MR) is 95.4 cm³/mol. The van der Waals surface area contributed by atoms with E-state index < -0.39 is 5.92 Å². The number of carbonyl (C=O) groups is 2. The van der Waals surface area contributed by atoms with Crippen LogP contribution in [0, 0.1) is 5.92 Å². The summed E-state index contributed by atoms with van der Waals surface area (Å²) in [6.07, 6.45) is 0. The Morgan fingerprint density at radius 1 is 1.09 bits per heavy atom. The first-order valence-corrected chi connectivity index (χ1v) is 8.95. The summed E-state index contributed by atoms with van der Waals surface area (Å²) in [5.41, 5.74) is 1.06. The summed E-state index contributed by atoms with van der Waals surface area (Å²) in [5, 5.41) is 0.0861. The molecule has 0 aromatic heterocycles. The third-order valence-electron chi connectivity index (χ3n) is 4.32. The second-order valence-corrected chi connectivity index (χ2v) is 7.04. The van der Waals surface area contributed by atoms with Gasteiger partial charge in [0.1, 0.15) is 11.3 Å². The van der Waals surface area contributed by atoms with Gasteiger partial charge < -0.3 is 4.90 Å². The first kappa shape index (κ1) is 16.3. The standard InChI is InChI=1S/C16H19N3O2S2/c1-4-18-13(20)12(14(21)19(5-2)16(18)22)15-17(3)10-8-6-7-9-11(10)23-15/h6-9,12,15H,4-5H2,1-3H3. The number of thioether (sulfide) groups is 1. The van der Waals surface area contributed by atoms with Gasteiger partial charge in [0.15, 0.2) is 5.11 Å². The summed E-state index contributed by atoms with van der Waals surface area (Å²) in [7, 11) is 1.93. The number of thiocarbonyl (C=S) groups is 1. The molecule has 1 aromatic rings. The van der Waals surface area contributed by atoms with E-state index in [0.717, 1.165) is 10.6 Å². The Morgan fingerprint density at radius 2 is 1.65 bits per heavy atom. The first-order chi connectivity index (χ1) is 11.0. The number of para-hydroxylation sites is 1. The molecule has 2 amide bonds. The van der Waals surface area contributed by atoms with E-state index in [-0.39, 0.29) is 17.2 Å². The number of benzene rings is 1. The molecule has 0 saturated carbocycles. The molecule has 2 aliphatic rings. The number of nitrogens with zero attached hydrogens (tertiary/aromatic N) is 3. The van der Waals surface area contributed by atoms with Gasteiger partial charge in [-0.3, -0.25) is 19.4 Å². The zero-order valence-corrected chi connectivity index (χ0v) is 15.0. The van der Waals surface area contributed by atoms with Crippen LogP contribution in [-0.4, -0.2) is 52.2 Å². The first-order valence-electron chi connectivity index (χ1n) is 7.66. The van der Waals surface area contributed by atoms with Crippen molar-refractivity contribution < 1.29 is 9.59 Å². The average molecular weight is 349 g/mol. The Morgan fingerprint density at radius 3 is 2.17 bits per heavy atom. The Balaban J connectivity index is 1.97. The molecule has 2 heterocycles. The molecule has 7 heteroatoms. The van der Waals surface area contributed by atoms with Crippen molar-refractivity contribution in [3.05, 3.63) is 24.3 Å². The lowest BCUT2D eigenvalue weighted by atomic mass is 10.0. The van der Waals surface area contributed by atoms with Crippen LogP contribution >= 0.6 is 24.0 Å². The van der Waals surface area contributed by atoms with E-state index in [2.05, 4.69) is 0 Å². The van der Waals surface area contributed by atoms with Gasteiger partial charge in [-0.1, -0.05) is 23.9 Å². The Hall–Kier alpha value is -1.60. The summed E-state index contributed by atoms with van der Waals surface area (Å²) in [5.74, 6) is -1.11. The molecule has 3 rings (SSSR count). The van der Waals surface area contributed by atoms with Gasteiger partial charge in [0.25, 0.3) is 0 Å². The number of fused-ring (bicyclic) bond motifs is 1. The summed E-state index contributed by atoms with van der Waals surface area (Å²) < 4.78 is 0. The van der Waals surface area contributed by atoms with E-state index in [9.17, 15) is 9.59 Å². The SMILES string of the molecule is CCN1C(=O)C(C2Sc3ccccc3N2C)C(=O)N(CC)C1=S. The number of rotatable bonds is 3. The van der Waals surface area contributed by atoms with Crippen molar-refractivity contribution in [2.24, 2.45) is 5.92 Å². The molecule has 0 N–H and O–H groups in total. The molecule has 0 spiro atoms. The highest BCUT2D eigenvalue weighted by Gasteiger charge is 2.50. The molecule has 122 valence electrons. The number of hydrogen-bond donors (Lipinski definition) is 0. The minimum atomic E-state index is -0.732. The quantitative estimate of drug-likeness (QED) is 0.618. The lowest BCUT2D eigenvalue weighted by Crippen LogP contribution is -2.62. The van der Waals surface area contributed by atoms with Gasteiger partial charge in [-0.05, 0) is 38.2 Å². The number of hydrogen-bond acceptors (Lipinski definition) is 5. The second kappa shape index (κ2) is 6.13. The van der Waals surface area contributed by atoms with Gasteiger partial charge in [-0.25, -0.2) is 0 Å². The molecule has 0 aliphatic carbocycles. The molecule has 1 atom stereocenters. The van der Waals surface area contributed by atoms with Gasteiger partial charge in [-0.2, -0.15) is 0 Å². The van der Waals surface area contributed by atoms with Gasteiger partial charge in [-0.15, -0.1) is 0 Å². The minimum absolute atomic E-state index is 0.190. The maximum atomic E-state index is 12.9. The second-order valence-electron chi connectivity index (χ2n) is 5.51. The van der Waals surface area contributed by atoms with Gasteiger partial charge in [0, 0.05) is 25.0 Å². The molecular formula is C16H19N3O2S2. The van der Waals surface area contributed by atoms with Crippen molar-refractivity contribution in [3.8, 4) is 0 Å². The van der Waals surface area contributed by atoms with Crippen LogP contribution in [0.1, 0.15) is 13.8 Å². The molecule has 2 aliphatic heterocycles.